The Kier molecular flexibility index (Phi) is 4.02. The normalized spacial score (nSPS) is 11.1. The molecule has 0 atom stereocenters. The van der Waals surface area contributed by atoms with Crippen LogP contribution >= 0.6 is 0 Å². The fourth-order valence-electron chi connectivity index (χ4n) is 3.34. The molecule has 2 amide bonds. The van der Waals surface area contributed by atoms with E-state index >= 15 is 0 Å². The molecule has 1 aromatic carbocycles. The van der Waals surface area contributed by atoms with Crippen LogP contribution in [-0.4, -0.2) is 41.1 Å². The highest BCUT2D eigenvalue weighted by Crippen LogP contribution is 2.21. The lowest BCUT2D eigenvalue weighted by Crippen LogP contribution is -2.16. The number of para-hydroxylation sites is 1. The molecular formula is C20H16N8O2. The van der Waals surface area contributed by atoms with Gasteiger partial charge < -0.3 is 9.97 Å². The van der Waals surface area contributed by atoms with E-state index < -0.39 is 0 Å². The van der Waals surface area contributed by atoms with E-state index in [0.717, 1.165) is 0 Å². The molecule has 0 fully saturated rings. The molecule has 0 bridgehead atoms. The van der Waals surface area contributed by atoms with Gasteiger partial charge in [0.2, 0.25) is 11.9 Å². The molecule has 148 valence electrons. The number of fused-ring (bicyclic) bond motifs is 2. The molecule has 4 N–H and O–H groups in total. The van der Waals surface area contributed by atoms with Crippen molar-refractivity contribution < 1.29 is 9.59 Å². The maximum absolute atomic E-state index is 12.9. The highest BCUT2D eigenvalue weighted by molar-refractivity contribution is 6.11. The molecule has 0 saturated carbocycles. The molecular weight excluding hydrogens is 384 g/mol. The third-order valence-electron chi connectivity index (χ3n) is 4.64. The summed E-state index contributed by atoms with van der Waals surface area (Å²) in [6.07, 6.45) is 4.93. The van der Waals surface area contributed by atoms with Gasteiger partial charge in [0.15, 0.2) is 0 Å². The number of pyridine rings is 1. The monoisotopic (exact) mass is 400 g/mol. The maximum atomic E-state index is 12.9. The van der Waals surface area contributed by atoms with Gasteiger partial charge in [-0.3, -0.25) is 24.6 Å². The van der Waals surface area contributed by atoms with Gasteiger partial charge in [0, 0.05) is 18.6 Å². The maximum Gasteiger partial charge on any atom is 0.276 e. The van der Waals surface area contributed by atoms with Gasteiger partial charge in [0.05, 0.1) is 16.8 Å². The van der Waals surface area contributed by atoms with E-state index in [4.69, 9.17) is 0 Å². The summed E-state index contributed by atoms with van der Waals surface area (Å²) in [5, 5.41) is 5.43. The smallest absolute Gasteiger partial charge is 0.276 e. The number of nitrogens with one attached hydrogen (secondary N) is 4. The van der Waals surface area contributed by atoms with Crippen LogP contribution in [0.1, 0.15) is 26.5 Å². The Hall–Kier alpha value is -4.47. The molecule has 4 aromatic heterocycles. The quantitative estimate of drug-likeness (QED) is 0.368. The first kappa shape index (κ1) is 17.6. The second kappa shape index (κ2) is 6.85. The number of carbonyl (C=O) groups is 2. The van der Waals surface area contributed by atoms with Crippen molar-refractivity contribution in [1.29, 1.82) is 0 Å². The molecule has 0 aliphatic rings. The van der Waals surface area contributed by atoms with Gasteiger partial charge in [-0.05, 0) is 31.2 Å². The highest BCUT2D eigenvalue weighted by atomic mass is 16.2. The van der Waals surface area contributed by atoms with Crippen LogP contribution in [0.25, 0.3) is 16.7 Å². The number of rotatable bonds is 4. The molecule has 10 heteroatoms. The zero-order chi connectivity index (χ0) is 20.7. The van der Waals surface area contributed by atoms with Crippen molar-refractivity contribution in [3.8, 4) is 0 Å². The van der Waals surface area contributed by atoms with Crippen molar-refractivity contribution in [3.05, 3.63) is 71.9 Å². The van der Waals surface area contributed by atoms with E-state index in [2.05, 4.69) is 35.6 Å². The Labute approximate surface area is 169 Å². The van der Waals surface area contributed by atoms with E-state index in [1.165, 1.54) is 0 Å². The summed E-state index contributed by atoms with van der Waals surface area (Å²) in [4.78, 5) is 44.2. The Bertz CT molecular complexity index is 1400. The zero-order valence-electron chi connectivity index (χ0n) is 15.8. The standard InChI is InChI=1S/C20H16N8O2/c1-11-16(28-10-3-2-7-14(28)23-11)18(30)27-20-24-13-6-4-5-12(15(13)25-20)17(29)26-19-21-8-9-22-19/h2-10H,1H3,(H2,21,22,26,29)(H2,24,25,27,30). The summed E-state index contributed by atoms with van der Waals surface area (Å²) < 4.78 is 1.72. The Balaban J connectivity index is 1.46. The number of H-pyrrole nitrogens is 2. The fourth-order valence-corrected chi connectivity index (χ4v) is 3.34. The number of amides is 2. The number of anilines is 2. The average Bonchev–Trinajstić information content (AvgIpc) is 3.44. The van der Waals surface area contributed by atoms with Crippen molar-refractivity contribution in [1.82, 2.24) is 29.3 Å². The summed E-state index contributed by atoms with van der Waals surface area (Å²) >= 11 is 0. The lowest BCUT2D eigenvalue weighted by molar-refractivity contribution is 0.101. The van der Waals surface area contributed by atoms with E-state index in [9.17, 15) is 9.59 Å². The van der Waals surface area contributed by atoms with Crippen molar-refractivity contribution in [2.24, 2.45) is 0 Å². The first-order valence-corrected chi connectivity index (χ1v) is 9.14. The van der Waals surface area contributed by atoms with Gasteiger partial charge >= 0.3 is 0 Å². The minimum absolute atomic E-state index is 0.235. The molecule has 0 saturated heterocycles. The van der Waals surface area contributed by atoms with Crippen LogP contribution in [0, 0.1) is 6.92 Å². The molecule has 5 aromatic rings. The number of aromatic nitrogens is 6. The number of benzene rings is 1. The van der Waals surface area contributed by atoms with Crippen LogP contribution in [0.15, 0.2) is 55.0 Å². The first-order chi connectivity index (χ1) is 14.6. The number of imidazole rings is 3. The molecule has 0 aliphatic carbocycles. The van der Waals surface area contributed by atoms with Crippen LogP contribution in [0.2, 0.25) is 0 Å². The molecule has 10 nitrogen and oxygen atoms in total. The molecule has 0 radical (unpaired) electrons. The SMILES string of the molecule is Cc1nc2ccccn2c1C(=O)Nc1nc2c(C(=O)Nc3ncc[nH]3)cccc2[nH]1. The molecule has 0 spiro atoms. The van der Waals surface area contributed by atoms with Gasteiger partial charge in [0.25, 0.3) is 11.8 Å². The first-order valence-electron chi connectivity index (χ1n) is 9.14. The molecule has 4 heterocycles. The number of nitrogens with zero attached hydrogens (tertiary/aromatic N) is 4. The van der Waals surface area contributed by atoms with E-state index in [0.29, 0.717) is 39.6 Å². The molecule has 0 aliphatic heterocycles. The van der Waals surface area contributed by atoms with Crippen molar-refractivity contribution >= 4 is 40.4 Å². The van der Waals surface area contributed by atoms with E-state index in [1.54, 1.807) is 48.1 Å². The summed E-state index contributed by atoms with van der Waals surface area (Å²) in [5.41, 5.74) is 3.11. The average molecular weight is 400 g/mol. The van der Waals surface area contributed by atoms with Crippen molar-refractivity contribution in [3.63, 3.8) is 0 Å². The number of carbonyl (C=O) groups excluding carboxylic acids is 2. The number of aromatic amines is 2. The minimum atomic E-state index is -0.363. The number of hydrogen-bond donors (Lipinski definition) is 4. The van der Waals surface area contributed by atoms with E-state index in [-0.39, 0.29) is 17.8 Å². The zero-order valence-corrected chi connectivity index (χ0v) is 15.8. The lowest BCUT2D eigenvalue weighted by atomic mass is 10.2. The van der Waals surface area contributed by atoms with Gasteiger partial charge in [-0.15, -0.1) is 0 Å². The van der Waals surface area contributed by atoms with Gasteiger partial charge in [0.1, 0.15) is 16.9 Å². The van der Waals surface area contributed by atoms with Crippen molar-refractivity contribution in [2.75, 3.05) is 10.6 Å². The van der Waals surface area contributed by atoms with Crippen LogP contribution in [0.5, 0.6) is 0 Å². The Morgan fingerprint density at radius 3 is 2.70 bits per heavy atom. The number of aryl methyl sites for hydroxylation is 1. The minimum Gasteiger partial charge on any atom is -0.331 e. The Morgan fingerprint density at radius 2 is 1.87 bits per heavy atom. The molecule has 0 unspecified atom stereocenters. The second-order valence-corrected chi connectivity index (χ2v) is 6.61. The van der Waals surface area contributed by atoms with Crippen LogP contribution < -0.4 is 10.6 Å². The van der Waals surface area contributed by atoms with E-state index in [1.807, 2.05) is 18.2 Å². The van der Waals surface area contributed by atoms with Gasteiger partial charge in [-0.1, -0.05) is 12.1 Å². The lowest BCUT2D eigenvalue weighted by Gasteiger charge is -2.03. The van der Waals surface area contributed by atoms with Crippen LogP contribution in [0.4, 0.5) is 11.9 Å². The summed E-state index contributed by atoms with van der Waals surface area (Å²) in [5.74, 6) is -0.146. The van der Waals surface area contributed by atoms with Gasteiger partial charge in [-0.25, -0.2) is 15.0 Å². The van der Waals surface area contributed by atoms with Crippen molar-refractivity contribution in [2.45, 2.75) is 6.92 Å². The van der Waals surface area contributed by atoms with Crippen LogP contribution in [-0.2, 0) is 0 Å². The summed E-state index contributed by atoms with van der Waals surface area (Å²) in [6.45, 7) is 1.78. The third-order valence-corrected chi connectivity index (χ3v) is 4.64. The second-order valence-electron chi connectivity index (χ2n) is 6.61. The largest absolute Gasteiger partial charge is 0.331 e. The molecule has 5 rings (SSSR count). The fraction of sp³-hybridized carbons (Fsp3) is 0.0500. The summed E-state index contributed by atoms with van der Waals surface area (Å²) in [6, 6.07) is 10.7. The topological polar surface area (TPSA) is 133 Å². The predicted molar refractivity (Wildman–Crippen MR) is 111 cm³/mol. The summed E-state index contributed by atoms with van der Waals surface area (Å²) in [7, 11) is 0. The number of hydrogen-bond acceptors (Lipinski definition) is 5. The van der Waals surface area contributed by atoms with Crippen LogP contribution in [0.3, 0.4) is 0 Å². The highest BCUT2D eigenvalue weighted by Gasteiger charge is 2.19. The molecule has 30 heavy (non-hydrogen) atoms. The third kappa shape index (κ3) is 2.96. The predicted octanol–water partition coefficient (Wildman–Crippen LogP) is 2.75. The van der Waals surface area contributed by atoms with Gasteiger partial charge in [-0.2, -0.15) is 0 Å². The Morgan fingerprint density at radius 1 is 1.00 bits per heavy atom.